The van der Waals surface area contributed by atoms with E-state index in [2.05, 4.69) is 32.1 Å². The third kappa shape index (κ3) is 5.51. The molecular formula is C20H24F3N5O. The molecule has 6 nitrogen and oxygen atoms in total. The minimum Gasteiger partial charge on any atom is -0.351 e. The molecule has 0 unspecified atom stereocenters. The highest BCUT2D eigenvalue weighted by molar-refractivity contribution is 5.95. The molecule has 9 heteroatoms. The maximum atomic E-state index is 12.7. The molecule has 1 aromatic carbocycles. The number of amides is 1. The van der Waals surface area contributed by atoms with E-state index < -0.39 is 11.7 Å². The molecule has 1 N–H and O–H groups in total. The largest absolute Gasteiger partial charge is 0.416 e. The van der Waals surface area contributed by atoms with Crippen molar-refractivity contribution in [3.05, 3.63) is 47.3 Å². The lowest BCUT2D eigenvalue weighted by Crippen LogP contribution is -2.46. The van der Waals surface area contributed by atoms with Crippen molar-refractivity contribution in [3.63, 3.8) is 0 Å². The van der Waals surface area contributed by atoms with Gasteiger partial charge >= 0.3 is 6.18 Å². The summed E-state index contributed by atoms with van der Waals surface area (Å²) in [5.74, 6) is 0.0285. The van der Waals surface area contributed by atoms with E-state index in [4.69, 9.17) is 0 Å². The van der Waals surface area contributed by atoms with Crippen LogP contribution in [0.5, 0.6) is 0 Å². The number of carbonyl (C=O) groups excluding carboxylic acids is 1. The van der Waals surface area contributed by atoms with Crippen molar-refractivity contribution in [3.8, 4) is 11.4 Å². The monoisotopic (exact) mass is 407 g/mol. The van der Waals surface area contributed by atoms with Crippen molar-refractivity contribution in [2.24, 2.45) is 0 Å². The van der Waals surface area contributed by atoms with E-state index in [1.54, 1.807) is 6.92 Å². The van der Waals surface area contributed by atoms with Gasteiger partial charge in [-0.05, 0) is 26.1 Å². The molecule has 0 radical (unpaired) electrons. The van der Waals surface area contributed by atoms with Gasteiger partial charge in [-0.25, -0.2) is 9.97 Å². The first-order valence-corrected chi connectivity index (χ1v) is 9.44. The van der Waals surface area contributed by atoms with Crippen LogP contribution in [0.25, 0.3) is 11.4 Å². The number of hydrogen-bond acceptors (Lipinski definition) is 5. The Bertz CT molecular complexity index is 846. The number of likely N-dealkylation sites (N-methyl/N-ethyl adjacent to an activating group) is 1. The molecule has 0 aliphatic carbocycles. The number of benzene rings is 1. The van der Waals surface area contributed by atoms with Crippen LogP contribution in [0, 0.1) is 6.92 Å². The van der Waals surface area contributed by atoms with E-state index in [0.717, 1.165) is 44.9 Å². The molecule has 29 heavy (non-hydrogen) atoms. The van der Waals surface area contributed by atoms with Crippen molar-refractivity contribution in [1.82, 2.24) is 25.1 Å². The van der Waals surface area contributed by atoms with Crippen LogP contribution in [-0.2, 0) is 6.18 Å². The fraction of sp³-hybridized carbons (Fsp3) is 0.450. The molecule has 3 rings (SSSR count). The Kier molecular flexibility index (Phi) is 6.49. The quantitative estimate of drug-likeness (QED) is 0.825. The molecule has 156 valence electrons. The Hall–Kier alpha value is -2.52. The topological polar surface area (TPSA) is 61.4 Å². The van der Waals surface area contributed by atoms with Crippen LogP contribution in [-0.4, -0.2) is 72.0 Å². The number of hydrogen-bond donors (Lipinski definition) is 1. The summed E-state index contributed by atoms with van der Waals surface area (Å²) < 4.78 is 38.1. The summed E-state index contributed by atoms with van der Waals surface area (Å²) in [6.07, 6.45) is -2.97. The van der Waals surface area contributed by atoms with Gasteiger partial charge < -0.3 is 10.2 Å². The second-order valence-electron chi connectivity index (χ2n) is 7.17. The highest BCUT2D eigenvalue weighted by atomic mass is 19.4. The standard InChI is InChI=1S/C20H24F3N5O/c1-14-17(19(29)24-7-8-28-11-9-27(2)10-12-28)13-25-18(26-14)15-3-5-16(6-4-15)20(21,22)23/h3-6,13H,7-12H2,1-2H3,(H,24,29). The van der Waals surface area contributed by atoms with Crippen LogP contribution in [0.15, 0.2) is 30.5 Å². The number of nitrogens with one attached hydrogen (secondary N) is 1. The molecule has 1 fully saturated rings. The number of piperazine rings is 1. The van der Waals surface area contributed by atoms with Gasteiger partial charge in [0.2, 0.25) is 0 Å². The molecule has 1 aliphatic heterocycles. The molecule has 1 aliphatic rings. The van der Waals surface area contributed by atoms with Gasteiger partial charge in [0.15, 0.2) is 5.82 Å². The normalized spacial score (nSPS) is 16.0. The third-order valence-electron chi connectivity index (χ3n) is 5.00. The molecular weight excluding hydrogens is 383 g/mol. The zero-order valence-corrected chi connectivity index (χ0v) is 16.5. The van der Waals surface area contributed by atoms with Crippen LogP contribution in [0.4, 0.5) is 13.2 Å². The lowest BCUT2D eigenvalue weighted by atomic mass is 10.1. The van der Waals surface area contributed by atoms with Gasteiger partial charge in [0, 0.05) is 51.0 Å². The molecule has 1 amide bonds. The van der Waals surface area contributed by atoms with Crippen molar-refractivity contribution < 1.29 is 18.0 Å². The zero-order valence-electron chi connectivity index (χ0n) is 16.5. The maximum Gasteiger partial charge on any atom is 0.416 e. The summed E-state index contributed by atoms with van der Waals surface area (Å²) in [5, 5.41) is 2.88. The SMILES string of the molecule is Cc1nc(-c2ccc(C(F)(F)F)cc2)ncc1C(=O)NCCN1CCN(C)CC1. The van der Waals surface area contributed by atoms with Gasteiger partial charge in [0.25, 0.3) is 5.91 Å². The summed E-state index contributed by atoms with van der Waals surface area (Å²) in [6, 6.07) is 4.64. The zero-order chi connectivity index (χ0) is 21.0. The van der Waals surface area contributed by atoms with Crippen LogP contribution >= 0.6 is 0 Å². The maximum absolute atomic E-state index is 12.7. The Morgan fingerprint density at radius 1 is 1.14 bits per heavy atom. The molecule has 1 saturated heterocycles. The Balaban J connectivity index is 1.59. The smallest absolute Gasteiger partial charge is 0.351 e. The Morgan fingerprint density at radius 3 is 2.38 bits per heavy atom. The van der Waals surface area contributed by atoms with Crippen LogP contribution in [0.3, 0.4) is 0 Å². The van der Waals surface area contributed by atoms with Crippen molar-refractivity contribution >= 4 is 5.91 Å². The molecule has 1 aromatic heterocycles. The summed E-state index contributed by atoms with van der Waals surface area (Å²) >= 11 is 0. The lowest BCUT2D eigenvalue weighted by Gasteiger charge is -2.32. The molecule has 2 aromatic rings. The van der Waals surface area contributed by atoms with Gasteiger partial charge in [0.1, 0.15) is 0 Å². The second-order valence-corrected chi connectivity index (χ2v) is 7.17. The first-order valence-electron chi connectivity index (χ1n) is 9.44. The number of halogens is 3. The van der Waals surface area contributed by atoms with Crippen molar-refractivity contribution in [2.75, 3.05) is 46.3 Å². The number of aromatic nitrogens is 2. The van der Waals surface area contributed by atoms with E-state index in [1.165, 1.54) is 18.3 Å². The summed E-state index contributed by atoms with van der Waals surface area (Å²) in [5.41, 5.74) is 0.573. The van der Waals surface area contributed by atoms with Crippen molar-refractivity contribution in [2.45, 2.75) is 13.1 Å². The van der Waals surface area contributed by atoms with Gasteiger partial charge in [-0.2, -0.15) is 13.2 Å². The minimum atomic E-state index is -4.39. The number of nitrogens with zero attached hydrogens (tertiary/aromatic N) is 4. The highest BCUT2D eigenvalue weighted by Gasteiger charge is 2.30. The third-order valence-corrected chi connectivity index (χ3v) is 5.00. The second kappa shape index (κ2) is 8.87. The summed E-state index contributed by atoms with van der Waals surface area (Å²) in [4.78, 5) is 25.4. The van der Waals surface area contributed by atoms with Gasteiger partial charge in [-0.3, -0.25) is 9.69 Å². The predicted octanol–water partition coefficient (Wildman–Crippen LogP) is 2.45. The van der Waals surface area contributed by atoms with E-state index >= 15 is 0 Å². The highest BCUT2D eigenvalue weighted by Crippen LogP contribution is 2.30. The van der Waals surface area contributed by atoms with Crippen molar-refractivity contribution in [1.29, 1.82) is 0 Å². The predicted molar refractivity (Wildman–Crippen MR) is 103 cm³/mol. The lowest BCUT2D eigenvalue weighted by molar-refractivity contribution is -0.137. The van der Waals surface area contributed by atoms with Gasteiger partial charge in [-0.15, -0.1) is 0 Å². The number of alkyl halides is 3. The van der Waals surface area contributed by atoms with Crippen LogP contribution < -0.4 is 5.32 Å². The number of aryl methyl sites for hydroxylation is 1. The van der Waals surface area contributed by atoms with Crippen LogP contribution in [0.1, 0.15) is 21.6 Å². The number of carbonyl (C=O) groups is 1. The van der Waals surface area contributed by atoms with E-state index in [0.29, 0.717) is 23.4 Å². The summed E-state index contributed by atoms with van der Waals surface area (Å²) in [6.45, 7) is 7.00. The molecule has 0 bridgehead atoms. The van der Waals surface area contributed by atoms with Crippen LogP contribution in [0.2, 0.25) is 0 Å². The average Bonchev–Trinajstić information content (AvgIpc) is 2.69. The number of rotatable bonds is 5. The first kappa shape index (κ1) is 21.2. The molecule has 2 heterocycles. The first-order chi connectivity index (χ1) is 13.7. The minimum absolute atomic E-state index is 0.254. The van der Waals surface area contributed by atoms with E-state index in [1.807, 2.05) is 0 Å². The molecule has 0 saturated carbocycles. The molecule has 0 atom stereocenters. The van der Waals surface area contributed by atoms with Gasteiger partial charge in [-0.1, -0.05) is 12.1 Å². The van der Waals surface area contributed by atoms with E-state index in [-0.39, 0.29) is 11.7 Å². The Morgan fingerprint density at radius 2 is 1.79 bits per heavy atom. The average molecular weight is 407 g/mol. The fourth-order valence-electron chi connectivity index (χ4n) is 3.13. The summed E-state index contributed by atoms with van der Waals surface area (Å²) in [7, 11) is 2.09. The van der Waals surface area contributed by atoms with E-state index in [9.17, 15) is 18.0 Å². The van der Waals surface area contributed by atoms with Gasteiger partial charge in [0.05, 0.1) is 16.8 Å². The fourth-order valence-corrected chi connectivity index (χ4v) is 3.13. The molecule has 0 spiro atoms. The Labute approximate surface area is 167 Å².